The molecule has 2 N–H and O–H groups in total. The predicted molar refractivity (Wildman–Crippen MR) is 161 cm³/mol. The zero-order valence-corrected chi connectivity index (χ0v) is 24.7. The molecule has 2 amide bonds. The summed E-state index contributed by atoms with van der Waals surface area (Å²) in [6.07, 6.45) is 5.44. The lowest BCUT2D eigenvalue weighted by molar-refractivity contribution is -0.148. The number of aromatic nitrogens is 3. The molecule has 44 heavy (non-hydrogen) atoms. The molecule has 1 saturated carbocycles. The number of alkyl halides is 3. The lowest BCUT2D eigenvalue weighted by atomic mass is 10.00. The fourth-order valence-electron chi connectivity index (χ4n) is 6.54. The van der Waals surface area contributed by atoms with Crippen LogP contribution in [0.25, 0.3) is 11.2 Å². The third kappa shape index (κ3) is 7.23. The van der Waals surface area contributed by atoms with Gasteiger partial charge in [0.05, 0.1) is 6.42 Å². The second kappa shape index (κ2) is 13.0. The van der Waals surface area contributed by atoms with Crippen LogP contribution in [0.3, 0.4) is 0 Å². The standard InChI is InChI=1S/C32H38F3N7O2/c33-32(34,35)16-11-28(43)41-18-12-22(13-19-41)27-6-3-17-42-29(27)38-31(39-42)37-24-9-7-23(8-10-24)30(44)36-25-14-20-40(21-15-25)26-4-1-2-5-26/h3,6-10,12,17,25-26H,1-2,4-5,11,13-16,18-21H2,(H,36,44)(H,37,39). The molecule has 0 spiro atoms. The lowest BCUT2D eigenvalue weighted by Gasteiger charge is -2.36. The van der Waals surface area contributed by atoms with Crippen LogP contribution in [0.15, 0.2) is 48.7 Å². The molecular formula is C32H38F3N7O2. The number of likely N-dealkylation sites (tertiary alicyclic amines) is 1. The quantitative estimate of drug-likeness (QED) is 0.347. The van der Waals surface area contributed by atoms with E-state index in [1.165, 1.54) is 30.6 Å². The highest BCUT2D eigenvalue weighted by molar-refractivity contribution is 5.94. The van der Waals surface area contributed by atoms with E-state index < -0.39 is 24.9 Å². The molecule has 1 aliphatic carbocycles. The van der Waals surface area contributed by atoms with E-state index in [0.29, 0.717) is 30.1 Å². The molecule has 1 aromatic carbocycles. The number of nitrogens with zero attached hydrogens (tertiary/aromatic N) is 5. The monoisotopic (exact) mass is 609 g/mol. The first kappa shape index (κ1) is 30.1. The van der Waals surface area contributed by atoms with E-state index in [1.54, 1.807) is 22.8 Å². The van der Waals surface area contributed by atoms with E-state index in [4.69, 9.17) is 0 Å². The summed E-state index contributed by atoms with van der Waals surface area (Å²) in [4.78, 5) is 33.9. The number of nitrogens with one attached hydrogen (secondary N) is 2. The average molecular weight is 610 g/mol. The summed E-state index contributed by atoms with van der Waals surface area (Å²) < 4.78 is 39.2. The highest BCUT2D eigenvalue weighted by Gasteiger charge is 2.30. The minimum atomic E-state index is -4.34. The minimum Gasteiger partial charge on any atom is -0.349 e. The number of hydrogen-bond donors (Lipinski definition) is 2. The molecule has 3 aromatic rings. The fraction of sp³-hybridized carbons (Fsp3) is 0.500. The summed E-state index contributed by atoms with van der Waals surface area (Å²) in [5.74, 6) is -0.162. The Morgan fingerprint density at radius 1 is 0.977 bits per heavy atom. The molecule has 1 saturated heterocycles. The van der Waals surface area contributed by atoms with E-state index in [0.717, 1.165) is 48.8 Å². The molecule has 0 atom stereocenters. The minimum absolute atomic E-state index is 0.0623. The van der Waals surface area contributed by atoms with Gasteiger partial charge in [-0.1, -0.05) is 18.9 Å². The third-order valence-corrected chi connectivity index (χ3v) is 9.00. The van der Waals surface area contributed by atoms with Crippen molar-refractivity contribution in [2.45, 2.75) is 76.0 Å². The van der Waals surface area contributed by atoms with Gasteiger partial charge >= 0.3 is 6.18 Å². The number of hydrogen-bond acceptors (Lipinski definition) is 6. The van der Waals surface area contributed by atoms with Gasteiger partial charge in [-0.3, -0.25) is 9.59 Å². The number of anilines is 2. The predicted octanol–water partition coefficient (Wildman–Crippen LogP) is 5.57. The van der Waals surface area contributed by atoms with Gasteiger partial charge < -0.3 is 20.4 Å². The van der Waals surface area contributed by atoms with Gasteiger partial charge in [0.25, 0.3) is 5.91 Å². The number of carbonyl (C=O) groups excluding carboxylic acids is 2. The topological polar surface area (TPSA) is 94.9 Å². The van der Waals surface area contributed by atoms with Crippen LogP contribution in [-0.4, -0.2) is 80.7 Å². The van der Waals surface area contributed by atoms with Crippen molar-refractivity contribution in [3.05, 3.63) is 59.8 Å². The number of piperidine rings is 1. The van der Waals surface area contributed by atoms with Crippen LogP contribution in [0.1, 0.15) is 73.7 Å². The Labute approximate surface area is 254 Å². The van der Waals surface area contributed by atoms with Crippen molar-refractivity contribution in [3.8, 4) is 0 Å². The average Bonchev–Trinajstić information content (AvgIpc) is 3.71. The number of rotatable bonds is 8. The Morgan fingerprint density at radius 3 is 2.41 bits per heavy atom. The second-order valence-corrected chi connectivity index (χ2v) is 12.0. The molecule has 6 rings (SSSR count). The zero-order valence-electron chi connectivity index (χ0n) is 24.7. The Morgan fingerprint density at radius 2 is 1.73 bits per heavy atom. The van der Waals surface area contributed by atoms with Gasteiger partial charge in [0.2, 0.25) is 11.9 Å². The van der Waals surface area contributed by atoms with Crippen molar-refractivity contribution < 1.29 is 22.8 Å². The van der Waals surface area contributed by atoms with Gasteiger partial charge in [-0.15, -0.1) is 5.10 Å². The van der Waals surface area contributed by atoms with Gasteiger partial charge in [0, 0.05) is 67.7 Å². The van der Waals surface area contributed by atoms with Crippen molar-refractivity contribution in [2.24, 2.45) is 0 Å². The first-order valence-corrected chi connectivity index (χ1v) is 15.5. The lowest BCUT2D eigenvalue weighted by Crippen LogP contribution is -2.47. The third-order valence-electron chi connectivity index (χ3n) is 9.00. The fourth-order valence-corrected chi connectivity index (χ4v) is 6.54. The van der Waals surface area contributed by atoms with Crippen molar-refractivity contribution >= 4 is 34.7 Å². The number of benzene rings is 1. The molecule has 0 bridgehead atoms. The Bertz CT molecular complexity index is 1500. The molecule has 12 heteroatoms. The number of halogens is 3. The number of fused-ring (bicyclic) bond motifs is 1. The molecule has 2 fully saturated rings. The summed E-state index contributed by atoms with van der Waals surface area (Å²) in [5, 5.41) is 10.9. The molecule has 2 aromatic heterocycles. The molecular weight excluding hydrogens is 571 g/mol. The first-order valence-electron chi connectivity index (χ1n) is 15.5. The van der Waals surface area contributed by atoms with Gasteiger partial charge in [-0.05, 0) is 74.1 Å². The SMILES string of the molecule is O=C(NC1CCN(C2CCCC2)CC1)c1ccc(Nc2nc3c(C4=CCN(C(=O)CCC(F)(F)F)CC4)cccn3n2)cc1. The number of amides is 2. The summed E-state index contributed by atoms with van der Waals surface area (Å²) in [6.45, 7) is 2.70. The summed E-state index contributed by atoms with van der Waals surface area (Å²) >= 11 is 0. The summed E-state index contributed by atoms with van der Waals surface area (Å²) in [7, 11) is 0. The van der Waals surface area contributed by atoms with Crippen LogP contribution < -0.4 is 10.6 Å². The van der Waals surface area contributed by atoms with E-state index in [9.17, 15) is 22.8 Å². The smallest absolute Gasteiger partial charge is 0.349 e. The Hall–Kier alpha value is -3.93. The molecule has 0 radical (unpaired) electrons. The van der Waals surface area contributed by atoms with E-state index >= 15 is 0 Å². The molecule has 3 aliphatic rings. The van der Waals surface area contributed by atoms with E-state index in [1.807, 2.05) is 30.3 Å². The molecule has 2 aliphatic heterocycles. The summed E-state index contributed by atoms with van der Waals surface area (Å²) in [5.41, 5.74) is 3.81. The summed E-state index contributed by atoms with van der Waals surface area (Å²) in [6, 6.07) is 12.0. The highest BCUT2D eigenvalue weighted by Crippen LogP contribution is 2.29. The Balaban J connectivity index is 1.04. The van der Waals surface area contributed by atoms with Gasteiger partial charge in [-0.2, -0.15) is 18.2 Å². The van der Waals surface area contributed by atoms with E-state index in [-0.39, 0.29) is 18.5 Å². The van der Waals surface area contributed by atoms with Crippen molar-refractivity contribution in [1.29, 1.82) is 0 Å². The first-order chi connectivity index (χ1) is 21.2. The maximum absolute atomic E-state index is 12.9. The van der Waals surface area contributed by atoms with Crippen LogP contribution in [0.4, 0.5) is 24.8 Å². The van der Waals surface area contributed by atoms with Crippen molar-refractivity contribution in [1.82, 2.24) is 29.7 Å². The zero-order chi connectivity index (χ0) is 30.7. The highest BCUT2D eigenvalue weighted by atomic mass is 19.4. The maximum atomic E-state index is 12.9. The number of carbonyl (C=O) groups is 2. The Kier molecular flexibility index (Phi) is 8.88. The molecule has 234 valence electrons. The molecule has 0 unspecified atom stereocenters. The van der Waals surface area contributed by atoms with Gasteiger partial charge in [-0.25, -0.2) is 4.52 Å². The van der Waals surface area contributed by atoms with Crippen molar-refractivity contribution in [2.75, 3.05) is 31.5 Å². The van der Waals surface area contributed by atoms with Crippen molar-refractivity contribution in [3.63, 3.8) is 0 Å². The van der Waals surface area contributed by atoms with Crippen LogP contribution in [-0.2, 0) is 4.79 Å². The van der Waals surface area contributed by atoms with Crippen LogP contribution >= 0.6 is 0 Å². The maximum Gasteiger partial charge on any atom is 0.389 e. The number of pyridine rings is 1. The van der Waals surface area contributed by atoms with Crippen LogP contribution in [0.5, 0.6) is 0 Å². The normalized spacial score (nSPS) is 18.9. The van der Waals surface area contributed by atoms with Crippen LogP contribution in [0, 0.1) is 0 Å². The van der Waals surface area contributed by atoms with Crippen LogP contribution in [0.2, 0.25) is 0 Å². The largest absolute Gasteiger partial charge is 0.389 e. The van der Waals surface area contributed by atoms with E-state index in [2.05, 4.69) is 25.6 Å². The van der Waals surface area contributed by atoms with Gasteiger partial charge in [0.15, 0.2) is 5.65 Å². The molecule has 4 heterocycles. The van der Waals surface area contributed by atoms with Gasteiger partial charge in [0.1, 0.15) is 0 Å². The molecule has 9 nitrogen and oxygen atoms in total. The second-order valence-electron chi connectivity index (χ2n) is 12.0.